The van der Waals surface area contributed by atoms with Crippen LogP contribution in [0.2, 0.25) is 0 Å². The van der Waals surface area contributed by atoms with Gasteiger partial charge in [0.05, 0.1) is 36.6 Å². The highest BCUT2D eigenvalue weighted by Crippen LogP contribution is 2.54. The van der Waals surface area contributed by atoms with Crippen LogP contribution in [0.25, 0.3) is 20.2 Å². The number of hydrogen-bond acceptors (Lipinski definition) is 10. The van der Waals surface area contributed by atoms with Crippen molar-refractivity contribution in [2.45, 2.75) is 9.79 Å². The van der Waals surface area contributed by atoms with Crippen LogP contribution < -0.4 is 5.32 Å². The number of nitrogens with zero attached hydrogens (tertiary/aromatic N) is 4. The number of thiophene rings is 2. The molecule has 0 aliphatic carbocycles. The van der Waals surface area contributed by atoms with Crippen molar-refractivity contribution in [2.75, 3.05) is 12.4 Å². The molecule has 170 valence electrons. The van der Waals surface area contributed by atoms with Crippen molar-refractivity contribution in [1.29, 1.82) is 0 Å². The molecule has 4 rings (SSSR count). The first-order valence-electron chi connectivity index (χ1n) is 8.31. The average Bonchev–Trinajstić information content (AvgIpc) is 3.43. The van der Waals surface area contributed by atoms with Gasteiger partial charge < -0.3 is 10.1 Å². The standard InChI is InChI=1S/C16H6F3N5O6S3/c1-30-16(25)4-2-5-14(31-4)15-6(33(5,28)29)3-7(32-15)21-12-9(18)8(17)11(22-23-20)10(19)13(12)24(26)27/h2-3,21H,1H3. The van der Waals surface area contributed by atoms with E-state index in [0.29, 0.717) is 11.3 Å². The third-order valence-electron chi connectivity index (χ3n) is 4.42. The first-order valence-corrected chi connectivity index (χ1v) is 11.4. The number of sulfone groups is 1. The van der Waals surface area contributed by atoms with Crippen LogP contribution in [0.4, 0.5) is 35.2 Å². The third kappa shape index (κ3) is 3.29. The fraction of sp³-hybridized carbons (Fsp3) is 0.0625. The molecule has 0 saturated heterocycles. The van der Waals surface area contributed by atoms with Crippen molar-refractivity contribution in [2.24, 2.45) is 5.11 Å². The highest BCUT2D eigenvalue weighted by molar-refractivity contribution is 7.92. The summed E-state index contributed by atoms with van der Waals surface area (Å²) in [5.74, 6) is -6.56. The van der Waals surface area contributed by atoms with Gasteiger partial charge in [-0.15, -0.1) is 22.7 Å². The van der Waals surface area contributed by atoms with E-state index < -0.39 is 55.2 Å². The second kappa shape index (κ2) is 7.73. The Morgan fingerprint density at radius 2 is 1.82 bits per heavy atom. The number of methoxy groups -OCH3 is 1. The zero-order valence-corrected chi connectivity index (χ0v) is 18.2. The molecule has 0 fully saturated rings. The Labute approximate surface area is 188 Å². The minimum atomic E-state index is -4.08. The fourth-order valence-electron chi connectivity index (χ4n) is 3.02. The number of rotatable bonds is 5. The van der Waals surface area contributed by atoms with E-state index in [0.717, 1.165) is 30.6 Å². The Morgan fingerprint density at radius 1 is 1.18 bits per heavy atom. The van der Waals surface area contributed by atoms with Gasteiger partial charge in [-0.1, -0.05) is 5.11 Å². The van der Waals surface area contributed by atoms with Gasteiger partial charge in [0.25, 0.3) is 0 Å². The summed E-state index contributed by atoms with van der Waals surface area (Å²) in [6.45, 7) is 0. The number of anilines is 2. The minimum Gasteiger partial charge on any atom is -0.465 e. The largest absolute Gasteiger partial charge is 0.465 e. The van der Waals surface area contributed by atoms with Gasteiger partial charge >= 0.3 is 11.7 Å². The van der Waals surface area contributed by atoms with E-state index in [-0.39, 0.29) is 29.4 Å². The van der Waals surface area contributed by atoms with Crippen LogP contribution in [0.15, 0.2) is 27.0 Å². The quantitative estimate of drug-likeness (QED) is 0.0702. The lowest BCUT2D eigenvalue weighted by Crippen LogP contribution is -2.05. The normalized spacial score (nSPS) is 13.1. The molecule has 17 heteroatoms. The van der Waals surface area contributed by atoms with Crippen molar-refractivity contribution in [3.63, 3.8) is 0 Å². The Hall–Kier alpha value is -3.66. The lowest BCUT2D eigenvalue weighted by Gasteiger charge is -2.10. The Bertz CT molecular complexity index is 1540. The van der Waals surface area contributed by atoms with Gasteiger partial charge in [0.2, 0.25) is 15.7 Å². The van der Waals surface area contributed by atoms with Crippen molar-refractivity contribution in [3.05, 3.63) is 55.0 Å². The van der Waals surface area contributed by atoms with E-state index in [2.05, 4.69) is 20.1 Å². The van der Waals surface area contributed by atoms with Gasteiger partial charge in [0.15, 0.2) is 17.3 Å². The zero-order chi connectivity index (χ0) is 24.2. The first-order chi connectivity index (χ1) is 15.5. The molecule has 0 amide bonds. The summed E-state index contributed by atoms with van der Waals surface area (Å²) in [5.41, 5.74) is 4.07. The first kappa shape index (κ1) is 22.5. The van der Waals surface area contributed by atoms with Crippen LogP contribution in [-0.2, 0) is 14.6 Å². The molecule has 1 aliphatic heterocycles. The fourth-order valence-corrected chi connectivity index (χ4v) is 7.77. The lowest BCUT2D eigenvalue weighted by molar-refractivity contribution is -0.386. The Morgan fingerprint density at radius 3 is 2.42 bits per heavy atom. The number of esters is 1. The van der Waals surface area contributed by atoms with Crippen LogP contribution in [0, 0.1) is 27.6 Å². The highest BCUT2D eigenvalue weighted by atomic mass is 32.2. The molecule has 33 heavy (non-hydrogen) atoms. The molecule has 0 radical (unpaired) electrons. The van der Waals surface area contributed by atoms with Gasteiger partial charge in [-0.2, -0.15) is 4.39 Å². The smallest absolute Gasteiger partial charge is 0.348 e. The second-order valence-corrected chi connectivity index (χ2v) is 10.2. The molecule has 3 aromatic rings. The SMILES string of the molecule is COC(=O)c1cc2c(s1)-c1sc(Nc3c(F)c(F)c(N=[N+]=[N-])c(F)c3[N+](=O)[O-])cc1S2(=O)=O. The number of nitro groups is 1. The van der Waals surface area contributed by atoms with Crippen LogP contribution in [0.1, 0.15) is 9.67 Å². The number of hydrogen-bond donors (Lipinski definition) is 1. The molecule has 0 saturated carbocycles. The van der Waals surface area contributed by atoms with Crippen molar-refractivity contribution >= 4 is 60.5 Å². The van der Waals surface area contributed by atoms with Crippen molar-refractivity contribution in [3.8, 4) is 9.75 Å². The van der Waals surface area contributed by atoms with E-state index in [1.165, 1.54) is 0 Å². The van der Waals surface area contributed by atoms with Gasteiger partial charge in [-0.05, 0) is 17.7 Å². The van der Waals surface area contributed by atoms with Gasteiger partial charge in [0, 0.05) is 4.91 Å². The van der Waals surface area contributed by atoms with E-state index in [1.54, 1.807) is 0 Å². The molecule has 1 N–H and O–H groups in total. The molecule has 0 atom stereocenters. The summed E-state index contributed by atoms with van der Waals surface area (Å²) in [4.78, 5) is 23.8. The predicted molar refractivity (Wildman–Crippen MR) is 109 cm³/mol. The molecule has 3 heterocycles. The minimum absolute atomic E-state index is 0.0131. The van der Waals surface area contributed by atoms with Crippen molar-refractivity contribution < 1.29 is 36.0 Å². The van der Waals surface area contributed by atoms with Gasteiger partial charge in [-0.3, -0.25) is 10.1 Å². The van der Waals surface area contributed by atoms with E-state index in [9.17, 15) is 36.5 Å². The number of carbonyl (C=O) groups excluding carboxylic acids is 1. The molecule has 1 aliphatic rings. The topological polar surface area (TPSA) is 164 Å². The van der Waals surface area contributed by atoms with E-state index in [4.69, 9.17) is 5.53 Å². The molecule has 0 unspecified atom stereocenters. The molecular weight excluding hydrogens is 511 g/mol. The monoisotopic (exact) mass is 517 g/mol. The third-order valence-corrected chi connectivity index (χ3v) is 8.81. The number of nitrogens with one attached hydrogen (secondary N) is 1. The van der Waals surface area contributed by atoms with Crippen LogP contribution in [-0.4, -0.2) is 26.4 Å². The maximum absolute atomic E-state index is 14.5. The van der Waals surface area contributed by atoms with Crippen LogP contribution in [0.3, 0.4) is 0 Å². The van der Waals surface area contributed by atoms with Crippen molar-refractivity contribution in [1.82, 2.24) is 0 Å². The molecule has 0 spiro atoms. The molecule has 2 aromatic heterocycles. The molecule has 0 bridgehead atoms. The van der Waals surface area contributed by atoms with E-state index >= 15 is 0 Å². The van der Waals surface area contributed by atoms with E-state index in [1.807, 2.05) is 0 Å². The summed E-state index contributed by atoms with van der Waals surface area (Å²) in [6, 6.07) is 2.16. The molecule has 11 nitrogen and oxygen atoms in total. The Kier molecular flexibility index (Phi) is 5.28. The summed E-state index contributed by atoms with van der Waals surface area (Å²) < 4.78 is 73.3. The maximum Gasteiger partial charge on any atom is 0.348 e. The summed E-state index contributed by atoms with van der Waals surface area (Å²) >= 11 is 1.52. The average molecular weight is 517 g/mol. The lowest BCUT2D eigenvalue weighted by atomic mass is 10.2. The summed E-state index contributed by atoms with van der Waals surface area (Å²) in [5, 5.41) is 15.9. The molecule has 1 aromatic carbocycles. The number of nitro benzene ring substituents is 1. The number of benzene rings is 1. The zero-order valence-electron chi connectivity index (χ0n) is 15.8. The van der Waals surface area contributed by atoms with Crippen LogP contribution in [0.5, 0.6) is 0 Å². The van der Waals surface area contributed by atoms with Gasteiger partial charge in [0.1, 0.15) is 10.6 Å². The number of fused-ring (bicyclic) bond motifs is 3. The number of halogens is 3. The second-order valence-electron chi connectivity index (χ2n) is 6.19. The number of azide groups is 1. The highest BCUT2D eigenvalue weighted by Gasteiger charge is 2.39. The molecular formula is C16H6F3N5O6S3. The summed E-state index contributed by atoms with van der Waals surface area (Å²) in [6.07, 6.45) is 0. The number of ether oxygens (including phenoxy) is 1. The van der Waals surface area contributed by atoms with Gasteiger partial charge in [-0.25, -0.2) is 22.0 Å². The predicted octanol–water partition coefficient (Wildman–Crippen LogP) is 5.42. The number of carbonyl (C=O) groups is 1. The van der Waals surface area contributed by atoms with Crippen LogP contribution >= 0.6 is 22.7 Å². The Balaban J connectivity index is 1.86. The maximum atomic E-state index is 14.5. The summed E-state index contributed by atoms with van der Waals surface area (Å²) in [7, 11) is -2.96.